The minimum Gasteiger partial charge on any atom is -0.484 e. The molecule has 0 fully saturated rings. The van der Waals surface area contributed by atoms with Crippen molar-refractivity contribution in [3.05, 3.63) is 63.1 Å². The molecule has 0 saturated carbocycles. The maximum Gasteiger partial charge on any atom is 0.261 e. The highest BCUT2D eigenvalue weighted by atomic mass is 35.5. The number of hydrogen-bond acceptors (Lipinski definition) is 3. The second kappa shape index (κ2) is 12.1. The molecule has 0 heterocycles. The lowest BCUT2D eigenvalue weighted by molar-refractivity contribution is -0.143. The Labute approximate surface area is 201 Å². The third kappa shape index (κ3) is 7.14. The first-order valence-corrected chi connectivity index (χ1v) is 11.7. The van der Waals surface area contributed by atoms with E-state index in [1.807, 2.05) is 46.8 Å². The van der Waals surface area contributed by atoms with Gasteiger partial charge in [-0.3, -0.25) is 9.59 Å². The number of carbonyl (C=O) groups is 2. The van der Waals surface area contributed by atoms with Crippen molar-refractivity contribution in [3.8, 4) is 5.75 Å². The molecule has 1 N–H and O–H groups in total. The van der Waals surface area contributed by atoms with Crippen molar-refractivity contribution in [1.29, 1.82) is 0 Å². The standard InChI is InChI=1S/C25H32Cl2N2O3/c1-6-18(5)28-25(31)22(7-2)29(14-19-8-10-20(26)11-9-19)23(30)15-32-21-12-16(3)24(27)17(4)13-21/h8-13,18,22H,6-7,14-15H2,1-5H3,(H,28,31). The normalized spacial score (nSPS) is 12.7. The average Bonchev–Trinajstić information content (AvgIpc) is 2.76. The molecular formula is C25H32Cl2N2O3. The summed E-state index contributed by atoms with van der Waals surface area (Å²) in [6.45, 7) is 9.74. The molecule has 7 heteroatoms. The highest BCUT2D eigenvalue weighted by molar-refractivity contribution is 6.32. The van der Waals surface area contributed by atoms with E-state index in [4.69, 9.17) is 27.9 Å². The Morgan fingerprint density at radius 2 is 1.62 bits per heavy atom. The van der Waals surface area contributed by atoms with Crippen LogP contribution in [0.4, 0.5) is 0 Å². The minimum absolute atomic E-state index is 0.0281. The van der Waals surface area contributed by atoms with Crippen LogP contribution in [0.15, 0.2) is 36.4 Å². The predicted molar refractivity (Wildman–Crippen MR) is 130 cm³/mol. The Morgan fingerprint density at radius 3 is 2.16 bits per heavy atom. The van der Waals surface area contributed by atoms with Gasteiger partial charge in [0.15, 0.2) is 6.61 Å². The second-order valence-corrected chi connectivity index (χ2v) is 8.86. The quantitative estimate of drug-likeness (QED) is 0.475. The van der Waals surface area contributed by atoms with Gasteiger partial charge in [0.1, 0.15) is 11.8 Å². The fourth-order valence-electron chi connectivity index (χ4n) is 3.36. The zero-order valence-electron chi connectivity index (χ0n) is 19.4. The van der Waals surface area contributed by atoms with Crippen molar-refractivity contribution in [3.63, 3.8) is 0 Å². The van der Waals surface area contributed by atoms with Crippen molar-refractivity contribution in [2.45, 2.75) is 66.1 Å². The topological polar surface area (TPSA) is 58.6 Å². The van der Waals surface area contributed by atoms with Gasteiger partial charge in [0, 0.05) is 22.6 Å². The van der Waals surface area contributed by atoms with E-state index >= 15 is 0 Å². The van der Waals surface area contributed by atoms with Gasteiger partial charge in [-0.05, 0) is 74.6 Å². The van der Waals surface area contributed by atoms with Gasteiger partial charge in [0.25, 0.3) is 5.91 Å². The zero-order chi connectivity index (χ0) is 23.8. The van der Waals surface area contributed by atoms with E-state index in [0.29, 0.717) is 22.2 Å². The highest BCUT2D eigenvalue weighted by Gasteiger charge is 2.29. The van der Waals surface area contributed by atoms with Crippen molar-refractivity contribution in [1.82, 2.24) is 10.2 Å². The summed E-state index contributed by atoms with van der Waals surface area (Å²) in [6, 6.07) is 10.3. The highest BCUT2D eigenvalue weighted by Crippen LogP contribution is 2.26. The summed E-state index contributed by atoms with van der Waals surface area (Å²) in [5.74, 6) is 0.139. The van der Waals surface area contributed by atoms with Crippen LogP contribution in [0.25, 0.3) is 0 Å². The van der Waals surface area contributed by atoms with Gasteiger partial charge in [-0.25, -0.2) is 0 Å². The Balaban J connectivity index is 2.24. The SMILES string of the molecule is CCC(C)NC(=O)C(CC)N(Cc1ccc(Cl)cc1)C(=O)COc1cc(C)c(Cl)c(C)c1. The van der Waals surface area contributed by atoms with E-state index in [1.165, 1.54) is 0 Å². The molecule has 2 atom stereocenters. The van der Waals surface area contributed by atoms with Gasteiger partial charge in [-0.1, -0.05) is 49.2 Å². The van der Waals surface area contributed by atoms with Crippen molar-refractivity contribution >= 4 is 35.0 Å². The van der Waals surface area contributed by atoms with Gasteiger partial charge >= 0.3 is 0 Å². The summed E-state index contributed by atoms with van der Waals surface area (Å²) in [4.78, 5) is 27.8. The molecule has 0 aromatic heterocycles. The van der Waals surface area contributed by atoms with E-state index in [-0.39, 0.29) is 31.0 Å². The lowest BCUT2D eigenvalue weighted by Crippen LogP contribution is -2.51. The Morgan fingerprint density at radius 1 is 1.03 bits per heavy atom. The first-order valence-electron chi connectivity index (χ1n) is 10.9. The van der Waals surface area contributed by atoms with Crippen LogP contribution < -0.4 is 10.1 Å². The second-order valence-electron chi connectivity index (χ2n) is 8.05. The van der Waals surface area contributed by atoms with E-state index in [0.717, 1.165) is 23.1 Å². The van der Waals surface area contributed by atoms with Crippen LogP contribution in [0, 0.1) is 13.8 Å². The number of benzene rings is 2. The molecule has 2 aromatic carbocycles. The maximum atomic E-state index is 13.3. The average molecular weight is 479 g/mol. The fraction of sp³-hybridized carbons (Fsp3) is 0.440. The maximum absolute atomic E-state index is 13.3. The van der Waals surface area contributed by atoms with E-state index in [9.17, 15) is 9.59 Å². The molecule has 32 heavy (non-hydrogen) atoms. The number of carbonyl (C=O) groups excluding carboxylic acids is 2. The lowest BCUT2D eigenvalue weighted by atomic mass is 10.1. The van der Waals surface area contributed by atoms with Crippen molar-refractivity contribution in [2.75, 3.05) is 6.61 Å². The van der Waals surface area contributed by atoms with Crippen LogP contribution in [0.2, 0.25) is 10.0 Å². The number of hydrogen-bond donors (Lipinski definition) is 1. The van der Waals surface area contributed by atoms with Gasteiger partial charge in [-0.2, -0.15) is 0 Å². The summed E-state index contributed by atoms with van der Waals surface area (Å²) in [7, 11) is 0. The van der Waals surface area contributed by atoms with Crippen LogP contribution >= 0.6 is 23.2 Å². The largest absolute Gasteiger partial charge is 0.484 e. The number of nitrogens with one attached hydrogen (secondary N) is 1. The van der Waals surface area contributed by atoms with Crippen molar-refractivity contribution < 1.29 is 14.3 Å². The molecule has 174 valence electrons. The first kappa shape index (κ1) is 26.0. The van der Waals surface area contributed by atoms with E-state index in [2.05, 4.69) is 5.32 Å². The number of ether oxygens (including phenoxy) is 1. The van der Waals surface area contributed by atoms with E-state index < -0.39 is 6.04 Å². The van der Waals surface area contributed by atoms with Gasteiger partial charge in [0.2, 0.25) is 5.91 Å². The van der Waals surface area contributed by atoms with Crippen LogP contribution in [0.5, 0.6) is 5.75 Å². The first-order chi connectivity index (χ1) is 15.2. The fourth-order valence-corrected chi connectivity index (χ4v) is 3.60. The number of amides is 2. The molecule has 2 rings (SSSR count). The van der Waals surface area contributed by atoms with Crippen LogP contribution in [0.3, 0.4) is 0 Å². The van der Waals surface area contributed by atoms with E-state index in [1.54, 1.807) is 29.2 Å². The molecule has 0 bridgehead atoms. The van der Waals surface area contributed by atoms with Crippen molar-refractivity contribution in [2.24, 2.45) is 0 Å². The zero-order valence-corrected chi connectivity index (χ0v) is 20.9. The molecule has 0 aliphatic carbocycles. The predicted octanol–water partition coefficient (Wildman–Crippen LogP) is 5.71. The molecular weight excluding hydrogens is 447 g/mol. The molecule has 0 aliphatic heterocycles. The molecule has 0 radical (unpaired) electrons. The summed E-state index contributed by atoms with van der Waals surface area (Å²) in [5.41, 5.74) is 2.65. The lowest BCUT2D eigenvalue weighted by Gasteiger charge is -2.31. The van der Waals surface area contributed by atoms with Gasteiger partial charge in [-0.15, -0.1) is 0 Å². The molecule has 0 aliphatic rings. The summed E-state index contributed by atoms with van der Waals surface area (Å²) >= 11 is 12.2. The number of halogens is 2. The molecule has 5 nitrogen and oxygen atoms in total. The van der Waals surface area contributed by atoms with Gasteiger partial charge in [0.05, 0.1) is 0 Å². The molecule has 2 aromatic rings. The number of aryl methyl sites for hydroxylation is 2. The third-order valence-corrected chi connectivity index (χ3v) is 6.27. The monoisotopic (exact) mass is 478 g/mol. The smallest absolute Gasteiger partial charge is 0.261 e. The summed E-state index contributed by atoms with van der Waals surface area (Å²) in [6.07, 6.45) is 1.30. The molecule has 0 saturated heterocycles. The molecule has 2 amide bonds. The Hall–Kier alpha value is -2.24. The summed E-state index contributed by atoms with van der Waals surface area (Å²) < 4.78 is 5.80. The van der Waals surface area contributed by atoms with Crippen LogP contribution in [-0.4, -0.2) is 35.4 Å². The minimum atomic E-state index is -0.607. The molecule has 0 spiro atoms. The Kier molecular flexibility index (Phi) is 9.85. The van der Waals surface area contributed by atoms with Crippen LogP contribution in [0.1, 0.15) is 50.3 Å². The number of nitrogens with zero attached hydrogens (tertiary/aromatic N) is 1. The molecule has 2 unspecified atom stereocenters. The van der Waals surface area contributed by atoms with Gasteiger partial charge < -0.3 is 15.0 Å². The summed E-state index contributed by atoms with van der Waals surface area (Å²) in [5, 5.41) is 4.29. The number of rotatable bonds is 10. The third-order valence-electron chi connectivity index (χ3n) is 5.43. The Bertz CT molecular complexity index is 908. The van der Waals surface area contributed by atoms with Crippen LogP contribution in [-0.2, 0) is 16.1 Å².